The second-order valence-corrected chi connectivity index (χ2v) is 5.33. The summed E-state index contributed by atoms with van der Waals surface area (Å²) in [5, 5.41) is 5.59. The summed E-state index contributed by atoms with van der Waals surface area (Å²) in [7, 11) is 0. The lowest BCUT2D eigenvalue weighted by Gasteiger charge is -2.18. The first-order chi connectivity index (χ1) is 8.92. The Hall–Kier alpha value is -1.82. The molecule has 0 heterocycles. The minimum atomic E-state index is 1.25. The van der Waals surface area contributed by atoms with Crippen LogP contribution in [0.15, 0.2) is 48.5 Å². The lowest BCUT2D eigenvalue weighted by atomic mass is 9.87. The van der Waals surface area contributed by atoms with E-state index in [4.69, 9.17) is 0 Å². The Bertz CT molecular complexity index is 737. The van der Waals surface area contributed by atoms with Gasteiger partial charge in [-0.1, -0.05) is 36.4 Å². The van der Waals surface area contributed by atoms with Gasteiger partial charge in [0.2, 0.25) is 0 Å². The van der Waals surface area contributed by atoms with Gasteiger partial charge in [-0.2, -0.15) is 0 Å². The molecule has 0 bridgehead atoms. The molecule has 0 radical (unpaired) electrons. The Morgan fingerprint density at radius 1 is 0.667 bits per heavy atom. The number of rotatable bonds is 0. The zero-order valence-electron chi connectivity index (χ0n) is 10.4. The molecule has 18 heavy (non-hydrogen) atoms. The van der Waals surface area contributed by atoms with Gasteiger partial charge in [0, 0.05) is 0 Å². The smallest absolute Gasteiger partial charge is 0.0143 e. The van der Waals surface area contributed by atoms with Crippen LogP contribution in [0.1, 0.15) is 24.0 Å². The Labute approximate surface area is 107 Å². The SMILES string of the molecule is c1ccc2cc3c4c(ccc3cc2c1)CCCC4. The fourth-order valence-corrected chi connectivity index (χ4v) is 3.27. The maximum atomic E-state index is 2.38. The number of benzene rings is 3. The van der Waals surface area contributed by atoms with Gasteiger partial charge in [-0.15, -0.1) is 0 Å². The monoisotopic (exact) mass is 232 g/mol. The van der Waals surface area contributed by atoms with E-state index >= 15 is 0 Å². The van der Waals surface area contributed by atoms with Crippen molar-refractivity contribution in [2.45, 2.75) is 25.7 Å². The molecule has 0 aliphatic heterocycles. The topological polar surface area (TPSA) is 0 Å². The van der Waals surface area contributed by atoms with Crippen molar-refractivity contribution in [3.63, 3.8) is 0 Å². The Morgan fingerprint density at radius 3 is 2.33 bits per heavy atom. The zero-order valence-corrected chi connectivity index (χ0v) is 10.4. The summed E-state index contributed by atoms with van der Waals surface area (Å²) in [4.78, 5) is 0. The van der Waals surface area contributed by atoms with Gasteiger partial charge in [0.05, 0.1) is 0 Å². The molecule has 0 fully saturated rings. The van der Waals surface area contributed by atoms with Crippen LogP contribution in [0.25, 0.3) is 21.5 Å². The average molecular weight is 232 g/mol. The fourth-order valence-electron chi connectivity index (χ4n) is 3.27. The first-order valence-corrected chi connectivity index (χ1v) is 6.85. The molecule has 3 aromatic carbocycles. The van der Waals surface area contributed by atoms with E-state index < -0.39 is 0 Å². The summed E-state index contributed by atoms with van der Waals surface area (Å²) in [6.45, 7) is 0. The maximum absolute atomic E-state index is 2.38. The van der Waals surface area contributed by atoms with Crippen molar-refractivity contribution in [1.82, 2.24) is 0 Å². The first kappa shape index (κ1) is 10.1. The predicted molar refractivity (Wildman–Crippen MR) is 78.1 cm³/mol. The highest BCUT2D eigenvalue weighted by Crippen LogP contribution is 2.31. The molecule has 3 aromatic rings. The second kappa shape index (κ2) is 3.84. The molecule has 4 rings (SSSR count). The molecule has 0 N–H and O–H groups in total. The molecule has 88 valence electrons. The van der Waals surface area contributed by atoms with E-state index in [9.17, 15) is 0 Å². The van der Waals surface area contributed by atoms with Crippen LogP contribution in [0, 0.1) is 0 Å². The van der Waals surface area contributed by atoms with Crippen molar-refractivity contribution in [2.24, 2.45) is 0 Å². The van der Waals surface area contributed by atoms with Gasteiger partial charge in [0.15, 0.2) is 0 Å². The van der Waals surface area contributed by atoms with Crippen LogP contribution in [-0.4, -0.2) is 0 Å². The molecule has 1 aliphatic rings. The highest BCUT2D eigenvalue weighted by molar-refractivity contribution is 6.00. The number of fused-ring (bicyclic) bond motifs is 4. The van der Waals surface area contributed by atoms with E-state index in [1.807, 2.05) is 0 Å². The summed E-state index contributed by atoms with van der Waals surface area (Å²) in [5.74, 6) is 0. The third-order valence-electron chi connectivity index (χ3n) is 4.22. The van der Waals surface area contributed by atoms with Gasteiger partial charge in [-0.25, -0.2) is 0 Å². The predicted octanol–water partition coefficient (Wildman–Crippen LogP) is 4.87. The van der Waals surface area contributed by atoms with E-state index in [0.717, 1.165) is 0 Å². The summed E-state index contributed by atoms with van der Waals surface area (Å²) >= 11 is 0. The van der Waals surface area contributed by atoms with Crippen LogP contribution in [0.2, 0.25) is 0 Å². The Morgan fingerprint density at radius 2 is 1.44 bits per heavy atom. The summed E-state index contributed by atoms with van der Waals surface area (Å²) < 4.78 is 0. The average Bonchev–Trinajstić information content (AvgIpc) is 2.45. The van der Waals surface area contributed by atoms with E-state index in [0.29, 0.717) is 0 Å². The standard InChI is InChI=1S/C18H16/c1-2-7-15-12-18-16(11-14(15)6-1)10-9-13-5-3-4-8-17(13)18/h1-2,6-7,9-12H,3-5,8H2. The van der Waals surface area contributed by atoms with Gasteiger partial charge < -0.3 is 0 Å². The quantitative estimate of drug-likeness (QED) is 0.485. The lowest BCUT2D eigenvalue weighted by Crippen LogP contribution is -2.02. The minimum absolute atomic E-state index is 1.25. The molecule has 0 aromatic heterocycles. The largest absolute Gasteiger partial charge is 0.0616 e. The normalized spacial score (nSPS) is 14.9. The lowest BCUT2D eigenvalue weighted by molar-refractivity contribution is 0.690. The van der Waals surface area contributed by atoms with E-state index in [2.05, 4.69) is 48.5 Å². The first-order valence-electron chi connectivity index (χ1n) is 6.85. The van der Waals surface area contributed by atoms with Crippen LogP contribution in [-0.2, 0) is 12.8 Å². The number of hydrogen-bond donors (Lipinski definition) is 0. The highest BCUT2D eigenvalue weighted by atomic mass is 14.2. The number of aryl methyl sites for hydroxylation is 2. The molecule has 0 saturated heterocycles. The summed E-state index contributed by atoms with van der Waals surface area (Å²) in [6.07, 6.45) is 5.22. The van der Waals surface area contributed by atoms with Gasteiger partial charge in [-0.3, -0.25) is 0 Å². The van der Waals surface area contributed by atoms with Crippen molar-refractivity contribution < 1.29 is 0 Å². The van der Waals surface area contributed by atoms with Crippen LogP contribution >= 0.6 is 0 Å². The van der Waals surface area contributed by atoms with Crippen LogP contribution in [0.5, 0.6) is 0 Å². The van der Waals surface area contributed by atoms with Gasteiger partial charge in [0.25, 0.3) is 0 Å². The molecule has 0 unspecified atom stereocenters. The Kier molecular flexibility index (Phi) is 2.16. The van der Waals surface area contributed by atoms with Gasteiger partial charge >= 0.3 is 0 Å². The van der Waals surface area contributed by atoms with Crippen molar-refractivity contribution in [1.29, 1.82) is 0 Å². The second-order valence-electron chi connectivity index (χ2n) is 5.33. The fraction of sp³-hybridized carbons (Fsp3) is 0.222. The number of hydrogen-bond acceptors (Lipinski definition) is 0. The molecule has 0 spiro atoms. The summed E-state index contributed by atoms with van der Waals surface area (Å²) in [6, 6.07) is 18.0. The molecular formula is C18H16. The zero-order chi connectivity index (χ0) is 11.9. The third kappa shape index (κ3) is 1.45. The van der Waals surface area contributed by atoms with Gasteiger partial charge in [0.1, 0.15) is 0 Å². The van der Waals surface area contributed by atoms with Crippen LogP contribution < -0.4 is 0 Å². The molecule has 0 amide bonds. The molecular weight excluding hydrogens is 216 g/mol. The van der Waals surface area contributed by atoms with Crippen LogP contribution in [0.4, 0.5) is 0 Å². The summed E-state index contributed by atoms with van der Waals surface area (Å²) in [5.41, 5.74) is 3.17. The van der Waals surface area contributed by atoms with Crippen molar-refractivity contribution in [3.8, 4) is 0 Å². The highest BCUT2D eigenvalue weighted by Gasteiger charge is 2.12. The Balaban J connectivity index is 2.11. The van der Waals surface area contributed by atoms with E-state index in [1.165, 1.54) is 47.2 Å². The van der Waals surface area contributed by atoms with Crippen molar-refractivity contribution in [3.05, 3.63) is 59.7 Å². The molecule has 0 nitrogen and oxygen atoms in total. The maximum Gasteiger partial charge on any atom is -0.0143 e. The van der Waals surface area contributed by atoms with E-state index in [-0.39, 0.29) is 0 Å². The third-order valence-corrected chi connectivity index (χ3v) is 4.22. The van der Waals surface area contributed by atoms with Gasteiger partial charge in [-0.05, 0) is 70.5 Å². The van der Waals surface area contributed by atoms with Crippen molar-refractivity contribution in [2.75, 3.05) is 0 Å². The minimum Gasteiger partial charge on any atom is -0.0616 e. The van der Waals surface area contributed by atoms with Crippen molar-refractivity contribution >= 4 is 21.5 Å². The molecule has 0 saturated carbocycles. The molecule has 1 aliphatic carbocycles. The molecule has 0 atom stereocenters. The van der Waals surface area contributed by atoms with Crippen LogP contribution in [0.3, 0.4) is 0 Å². The molecule has 0 heteroatoms. The van der Waals surface area contributed by atoms with E-state index in [1.54, 1.807) is 11.1 Å².